The van der Waals surface area contributed by atoms with Crippen LogP contribution in [0, 0.1) is 0 Å². The number of nitrogens with zero attached hydrogens (tertiary/aromatic N) is 1. The Labute approximate surface area is 93.3 Å². The van der Waals surface area contributed by atoms with Gasteiger partial charge in [0.1, 0.15) is 6.26 Å². The highest BCUT2D eigenvalue weighted by Gasteiger charge is 2.03. The molecule has 1 amide bonds. The van der Waals surface area contributed by atoms with E-state index in [2.05, 4.69) is 15.0 Å². The van der Waals surface area contributed by atoms with E-state index in [0.29, 0.717) is 12.8 Å². The van der Waals surface area contributed by atoms with Gasteiger partial charge in [-0.05, 0) is 18.6 Å². The summed E-state index contributed by atoms with van der Waals surface area (Å²) in [6, 6.07) is 9.40. The zero-order chi connectivity index (χ0) is 11.2. The number of nitrogens with one attached hydrogen (secondary N) is 1. The number of benzene rings is 1. The molecule has 1 N–H and O–H groups in total. The minimum atomic E-state index is -0.00704. The van der Waals surface area contributed by atoms with Gasteiger partial charge in [-0.15, -0.1) is 0 Å². The number of hydrogen-bond acceptors (Lipinski definition) is 3. The fourth-order valence-corrected chi connectivity index (χ4v) is 1.35. The highest BCUT2D eigenvalue weighted by atomic mass is 16.5. The molecule has 82 valence electrons. The van der Waals surface area contributed by atoms with Crippen molar-refractivity contribution in [2.75, 3.05) is 5.32 Å². The first-order valence-electron chi connectivity index (χ1n) is 5.08. The molecule has 0 fully saturated rings. The van der Waals surface area contributed by atoms with Crippen molar-refractivity contribution in [2.24, 2.45) is 0 Å². The number of amides is 1. The Morgan fingerprint density at radius 2 is 2.12 bits per heavy atom. The molecule has 2 rings (SSSR count). The molecule has 4 heteroatoms. The number of hydrogen-bond donors (Lipinski definition) is 1. The third-order valence-electron chi connectivity index (χ3n) is 2.18. The SMILES string of the molecule is O=C(CCc1cnoc1)Nc1ccccc1. The van der Waals surface area contributed by atoms with Crippen molar-refractivity contribution in [1.29, 1.82) is 0 Å². The molecule has 1 heterocycles. The average Bonchev–Trinajstić information content (AvgIpc) is 2.81. The summed E-state index contributed by atoms with van der Waals surface area (Å²) in [4.78, 5) is 11.5. The lowest BCUT2D eigenvalue weighted by molar-refractivity contribution is -0.116. The number of aryl methyl sites for hydroxylation is 1. The summed E-state index contributed by atoms with van der Waals surface area (Å²) < 4.78 is 4.68. The Hall–Kier alpha value is -2.10. The second kappa shape index (κ2) is 5.11. The molecule has 16 heavy (non-hydrogen) atoms. The number of anilines is 1. The van der Waals surface area contributed by atoms with Crippen LogP contribution < -0.4 is 5.32 Å². The largest absolute Gasteiger partial charge is 0.364 e. The fraction of sp³-hybridized carbons (Fsp3) is 0.167. The number of aromatic nitrogens is 1. The first-order valence-corrected chi connectivity index (χ1v) is 5.08. The highest BCUT2D eigenvalue weighted by Crippen LogP contribution is 2.07. The van der Waals surface area contributed by atoms with Crippen LogP contribution in [0.3, 0.4) is 0 Å². The Morgan fingerprint density at radius 1 is 1.31 bits per heavy atom. The summed E-state index contributed by atoms with van der Waals surface area (Å²) in [6.45, 7) is 0. The molecule has 0 aliphatic rings. The van der Waals surface area contributed by atoms with Crippen molar-refractivity contribution in [3.05, 3.63) is 48.4 Å². The van der Waals surface area contributed by atoms with E-state index < -0.39 is 0 Å². The van der Waals surface area contributed by atoms with Crippen molar-refractivity contribution < 1.29 is 9.32 Å². The molecule has 0 saturated carbocycles. The number of rotatable bonds is 4. The summed E-state index contributed by atoms with van der Waals surface area (Å²) in [5.74, 6) is -0.00704. The predicted octanol–water partition coefficient (Wildman–Crippen LogP) is 2.25. The van der Waals surface area contributed by atoms with Gasteiger partial charge in [-0.3, -0.25) is 4.79 Å². The van der Waals surface area contributed by atoms with Gasteiger partial charge in [-0.2, -0.15) is 0 Å². The van der Waals surface area contributed by atoms with Crippen molar-refractivity contribution in [1.82, 2.24) is 5.16 Å². The first-order chi connectivity index (χ1) is 7.84. The van der Waals surface area contributed by atoms with Gasteiger partial charge < -0.3 is 9.84 Å². The van der Waals surface area contributed by atoms with E-state index in [9.17, 15) is 4.79 Å². The molecule has 0 unspecified atom stereocenters. The van der Waals surface area contributed by atoms with Gasteiger partial charge in [0, 0.05) is 17.7 Å². The molecule has 1 aromatic carbocycles. The molecule has 0 saturated heterocycles. The van der Waals surface area contributed by atoms with Gasteiger partial charge in [0.25, 0.3) is 0 Å². The molecule has 4 nitrogen and oxygen atoms in total. The summed E-state index contributed by atoms with van der Waals surface area (Å²) >= 11 is 0. The molecule has 0 radical (unpaired) electrons. The van der Waals surface area contributed by atoms with E-state index in [1.54, 1.807) is 12.5 Å². The molecular weight excluding hydrogens is 204 g/mol. The van der Waals surface area contributed by atoms with Crippen LogP contribution in [0.2, 0.25) is 0 Å². The highest BCUT2D eigenvalue weighted by molar-refractivity contribution is 5.90. The maximum atomic E-state index is 11.5. The Balaban J connectivity index is 1.81. The van der Waals surface area contributed by atoms with Crippen molar-refractivity contribution in [3.8, 4) is 0 Å². The molecule has 0 spiro atoms. The van der Waals surface area contributed by atoms with Crippen LogP contribution in [-0.2, 0) is 11.2 Å². The van der Waals surface area contributed by atoms with Crippen LogP contribution in [0.4, 0.5) is 5.69 Å². The van der Waals surface area contributed by atoms with Gasteiger partial charge >= 0.3 is 0 Å². The third-order valence-corrected chi connectivity index (χ3v) is 2.18. The average molecular weight is 216 g/mol. The predicted molar refractivity (Wildman–Crippen MR) is 59.9 cm³/mol. The summed E-state index contributed by atoms with van der Waals surface area (Å²) in [5.41, 5.74) is 1.75. The van der Waals surface area contributed by atoms with Crippen molar-refractivity contribution >= 4 is 11.6 Å². The van der Waals surface area contributed by atoms with Gasteiger partial charge in [-0.25, -0.2) is 0 Å². The van der Waals surface area contributed by atoms with E-state index in [1.165, 1.54) is 0 Å². The van der Waals surface area contributed by atoms with Crippen LogP contribution in [0.25, 0.3) is 0 Å². The molecule has 2 aromatic rings. The summed E-state index contributed by atoms with van der Waals surface area (Å²) in [7, 11) is 0. The fourth-order valence-electron chi connectivity index (χ4n) is 1.35. The molecule has 0 aliphatic heterocycles. The Kier molecular flexibility index (Phi) is 3.33. The number of carbonyl (C=O) groups excluding carboxylic acids is 1. The van der Waals surface area contributed by atoms with Crippen molar-refractivity contribution in [3.63, 3.8) is 0 Å². The molecular formula is C12H12N2O2. The minimum absolute atomic E-state index is 0.00704. The van der Waals surface area contributed by atoms with Gasteiger partial charge in [0.05, 0.1) is 6.20 Å². The van der Waals surface area contributed by atoms with E-state index in [-0.39, 0.29) is 5.91 Å². The second-order valence-electron chi connectivity index (χ2n) is 3.45. The zero-order valence-electron chi connectivity index (χ0n) is 8.72. The van der Waals surface area contributed by atoms with E-state index in [0.717, 1.165) is 11.3 Å². The molecule has 0 aliphatic carbocycles. The Bertz CT molecular complexity index is 437. The van der Waals surface area contributed by atoms with E-state index in [1.807, 2.05) is 30.3 Å². The summed E-state index contributed by atoms with van der Waals surface area (Å²) in [6.07, 6.45) is 4.24. The lowest BCUT2D eigenvalue weighted by Gasteiger charge is -2.03. The molecule has 1 aromatic heterocycles. The van der Waals surface area contributed by atoms with Crippen LogP contribution in [0.15, 0.2) is 47.3 Å². The first kappa shape index (κ1) is 10.4. The maximum absolute atomic E-state index is 11.5. The summed E-state index contributed by atoms with van der Waals surface area (Å²) in [5, 5.41) is 6.39. The van der Waals surface area contributed by atoms with Gasteiger partial charge in [-0.1, -0.05) is 23.4 Å². The van der Waals surface area contributed by atoms with Gasteiger partial charge in [0.15, 0.2) is 0 Å². The van der Waals surface area contributed by atoms with E-state index >= 15 is 0 Å². The number of carbonyl (C=O) groups is 1. The second-order valence-corrected chi connectivity index (χ2v) is 3.45. The quantitative estimate of drug-likeness (QED) is 0.852. The third kappa shape index (κ3) is 2.95. The maximum Gasteiger partial charge on any atom is 0.224 e. The van der Waals surface area contributed by atoms with E-state index in [4.69, 9.17) is 0 Å². The number of para-hydroxylation sites is 1. The van der Waals surface area contributed by atoms with Gasteiger partial charge in [0.2, 0.25) is 5.91 Å². The van der Waals surface area contributed by atoms with Crippen LogP contribution in [-0.4, -0.2) is 11.1 Å². The van der Waals surface area contributed by atoms with Crippen molar-refractivity contribution in [2.45, 2.75) is 12.8 Å². The van der Waals surface area contributed by atoms with Crippen LogP contribution >= 0.6 is 0 Å². The monoisotopic (exact) mass is 216 g/mol. The molecule has 0 bridgehead atoms. The minimum Gasteiger partial charge on any atom is -0.364 e. The normalized spacial score (nSPS) is 10.0. The van der Waals surface area contributed by atoms with Crippen LogP contribution in [0.5, 0.6) is 0 Å². The Morgan fingerprint density at radius 3 is 2.81 bits per heavy atom. The van der Waals surface area contributed by atoms with Crippen LogP contribution in [0.1, 0.15) is 12.0 Å². The lowest BCUT2D eigenvalue weighted by atomic mass is 10.2. The molecule has 0 atom stereocenters. The lowest BCUT2D eigenvalue weighted by Crippen LogP contribution is -2.11. The smallest absolute Gasteiger partial charge is 0.224 e. The zero-order valence-corrected chi connectivity index (χ0v) is 8.72. The standard InChI is InChI=1S/C12H12N2O2/c15-12(7-6-10-8-13-16-9-10)14-11-4-2-1-3-5-11/h1-5,8-9H,6-7H2,(H,14,15). The topological polar surface area (TPSA) is 55.1 Å².